The van der Waals surface area contributed by atoms with Crippen LogP contribution in [0.5, 0.6) is 0 Å². The van der Waals surface area contributed by atoms with E-state index in [-0.39, 0.29) is 0 Å². The predicted octanol–water partition coefficient (Wildman–Crippen LogP) is 0.990. The molecule has 0 bridgehead atoms. The lowest BCUT2D eigenvalue weighted by molar-refractivity contribution is -0.123. The van der Waals surface area contributed by atoms with E-state index in [1.165, 1.54) is 6.92 Å². The van der Waals surface area contributed by atoms with E-state index in [0.717, 1.165) is 11.8 Å². The molecular formula is C6H9NO3S. The maximum atomic E-state index is 10.9. The van der Waals surface area contributed by atoms with Gasteiger partial charge in [-0.3, -0.25) is 9.59 Å². The molecule has 4 nitrogen and oxygen atoms in total. The molecule has 0 heterocycles. The van der Waals surface area contributed by atoms with Crippen molar-refractivity contribution >= 4 is 22.7 Å². The predicted molar refractivity (Wildman–Crippen MR) is 43.4 cm³/mol. The van der Waals surface area contributed by atoms with Crippen LogP contribution < -0.4 is 0 Å². The minimum atomic E-state index is -1.31. The van der Waals surface area contributed by atoms with Crippen molar-refractivity contribution in [3.8, 4) is 0 Å². The highest BCUT2D eigenvalue weighted by Crippen LogP contribution is 2.08. The molecule has 0 aromatic rings. The van der Waals surface area contributed by atoms with Gasteiger partial charge in [-0.1, -0.05) is 18.7 Å². The van der Waals surface area contributed by atoms with Crippen molar-refractivity contribution in [2.24, 2.45) is 5.18 Å². The molecule has 1 unspecified atom stereocenters. The second-order valence-corrected chi connectivity index (χ2v) is 3.14. The number of nitrogens with zero attached hydrogens (tertiary/aromatic N) is 1. The summed E-state index contributed by atoms with van der Waals surface area (Å²) in [7, 11) is 0. The molecular weight excluding hydrogens is 166 g/mol. The first-order valence-corrected chi connectivity index (χ1v) is 4.11. The molecule has 0 aliphatic carbocycles. The molecule has 0 rings (SSSR count). The van der Waals surface area contributed by atoms with Crippen molar-refractivity contribution in [3.63, 3.8) is 0 Å². The monoisotopic (exact) mass is 175 g/mol. The molecule has 62 valence electrons. The molecule has 5 heteroatoms. The summed E-state index contributed by atoms with van der Waals surface area (Å²) in [6.45, 7) is 2.95. The fourth-order valence-electron chi connectivity index (χ4n) is 0.504. The zero-order chi connectivity index (χ0) is 8.85. The Labute approximate surface area is 68.7 Å². The molecule has 0 saturated heterocycles. The van der Waals surface area contributed by atoms with E-state index < -0.39 is 16.9 Å². The van der Waals surface area contributed by atoms with E-state index >= 15 is 0 Å². The first kappa shape index (κ1) is 10.3. The molecule has 0 amide bonds. The molecule has 0 spiro atoms. The van der Waals surface area contributed by atoms with Gasteiger partial charge < -0.3 is 0 Å². The molecule has 11 heavy (non-hydrogen) atoms. The second kappa shape index (κ2) is 5.01. The van der Waals surface area contributed by atoms with E-state index in [4.69, 9.17) is 0 Å². The summed E-state index contributed by atoms with van der Waals surface area (Å²) in [5.41, 5.74) is 0. The number of thioether (sulfide) groups is 1. The van der Waals surface area contributed by atoms with Crippen LogP contribution in [-0.4, -0.2) is 22.7 Å². The summed E-state index contributed by atoms with van der Waals surface area (Å²) in [6.07, 6.45) is 0. The quantitative estimate of drug-likeness (QED) is 0.472. The van der Waals surface area contributed by atoms with Crippen LogP contribution in [0.15, 0.2) is 5.18 Å². The summed E-state index contributed by atoms with van der Waals surface area (Å²) in [4.78, 5) is 31.4. The summed E-state index contributed by atoms with van der Waals surface area (Å²) >= 11 is 0.939. The summed E-state index contributed by atoms with van der Waals surface area (Å²) in [6, 6.07) is -1.31. The topological polar surface area (TPSA) is 63.6 Å². The Kier molecular flexibility index (Phi) is 4.69. The summed E-state index contributed by atoms with van der Waals surface area (Å²) < 4.78 is 0. The van der Waals surface area contributed by atoms with Gasteiger partial charge in [0.2, 0.25) is 11.2 Å². The standard InChI is InChI=1S/C6H9NO3S/c1-3-11-6(9)5(7-10)4(2)8/h5H,3H2,1-2H3. The van der Waals surface area contributed by atoms with E-state index in [1.54, 1.807) is 6.92 Å². The Bertz CT molecular complexity index is 181. The van der Waals surface area contributed by atoms with Gasteiger partial charge in [0.1, 0.15) is 0 Å². The van der Waals surface area contributed by atoms with Gasteiger partial charge in [-0.15, -0.1) is 4.91 Å². The molecule has 0 saturated carbocycles. The van der Waals surface area contributed by atoms with Gasteiger partial charge in [-0.05, 0) is 17.9 Å². The maximum absolute atomic E-state index is 10.9. The Balaban J connectivity index is 4.14. The Hall–Kier alpha value is -0.710. The van der Waals surface area contributed by atoms with Gasteiger partial charge in [0.05, 0.1) is 0 Å². The minimum Gasteiger partial charge on any atom is -0.297 e. The molecule has 0 aliphatic heterocycles. The number of nitroso groups, excluding NO2 is 1. The van der Waals surface area contributed by atoms with Gasteiger partial charge in [-0.25, -0.2) is 0 Å². The van der Waals surface area contributed by atoms with Crippen molar-refractivity contribution in [1.82, 2.24) is 0 Å². The SMILES string of the molecule is CCSC(=O)C(N=O)C(C)=O. The van der Waals surface area contributed by atoms with Crippen LogP contribution in [0.3, 0.4) is 0 Å². The van der Waals surface area contributed by atoms with Gasteiger partial charge in [-0.2, -0.15) is 0 Å². The van der Waals surface area contributed by atoms with Crippen LogP contribution >= 0.6 is 11.8 Å². The molecule has 0 fully saturated rings. The van der Waals surface area contributed by atoms with Crippen molar-refractivity contribution < 1.29 is 9.59 Å². The van der Waals surface area contributed by atoms with E-state index in [9.17, 15) is 14.5 Å². The highest BCUT2D eigenvalue weighted by atomic mass is 32.2. The lowest BCUT2D eigenvalue weighted by Crippen LogP contribution is -2.23. The molecule has 0 aromatic heterocycles. The van der Waals surface area contributed by atoms with Crippen LogP contribution in [0.4, 0.5) is 0 Å². The fourth-order valence-corrected chi connectivity index (χ4v) is 1.16. The van der Waals surface area contributed by atoms with E-state index in [1.807, 2.05) is 0 Å². The summed E-state index contributed by atoms with van der Waals surface area (Å²) in [5, 5.41) is 1.97. The van der Waals surface area contributed by atoms with Crippen molar-refractivity contribution in [2.45, 2.75) is 19.9 Å². The second-order valence-electron chi connectivity index (χ2n) is 1.87. The normalized spacial score (nSPS) is 12.2. The summed E-state index contributed by atoms with van der Waals surface area (Å²) in [5.74, 6) is 0.0592. The van der Waals surface area contributed by atoms with Crippen molar-refractivity contribution in [2.75, 3.05) is 5.75 Å². The zero-order valence-corrected chi connectivity index (χ0v) is 7.18. The van der Waals surface area contributed by atoms with Crippen LogP contribution in [0.25, 0.3) is 0 Å². The zero-order valence-electron chi connectivity index (χ0n) is 6.36. The van der Waals surface area contributed by atoms with Crippen molar-refractivity contribution in [3.05, 3.63) is 4.91 Å². The number of carbonyl (C=O) groups excluding carboxylic acids is 2. The van der Waals surface area contributed by atoms with Gasteiger partial charge in [0.25, 0.3) is 0 Å². The van der Waals surface area contributed by atoms with Crippen LogP contribution in [-0.2, 0) is 9.59 Å². The lowest BCUT2D eigenvalue weighted by Gasteiger charge is -2.00. The third-order valence-electron chi connectivity index (χ3n) is 1.00. The van der Waals surface area contributed by atoms with Crippen LogP contribution in [0.2, 0.25) is 0 Å². The largest absolute Gasteiger partial charge is 0.297 e. The first-order valence-electron chi connectivity index (χ1n) is 3.13. The van der Waals surface area contributed by atoms with E-state index in [2.05, 4.69) is 5.18 Å². The number of Topliss-reactive ketones (excluding diaryl/α,β-unsaturated/α-hetero) is 1. The molecule has 0 N–H and O–H groups in total. The lowest BCUT2D eigenvalue weighted by atomic mass is 10.2. The average molecular weight is 175 g/mol. The smallest absolute Gasteiger partial charge is 0.224 e. The average Bonchev–Trinajstić information content (AvgIpc) is 1.88. The molecule has 0 aliphatic rings. The third kappa shape index (κ3) is 3.27. The van der Waals surface area contributed by atoms with Gasteiger partial charge in [0, 0.05) is 0 Å². The third-order valence-corrected chi connectivity index (χ3v) is 1.80. The Morgan fingerprint density at radius 1 is 1.55 bits per heavy atom. The molecule has 1 atom stereocenters. The van der Waals surface area contributed by atoms with Crippen molar-refractivity contribution in [1.29, 1.82) is 0 Å². The number of carbonyl (C=O) groups is 2. The molecule has 0 radical (unpaired) electrons. The Morgan fingerprint density at radius 3 is 2.36 bits per heavy atom. The number of hydrogen-bond acceptors (Lipinski definition) is 5. The number of rotatable bonds is 4. The first-order chi connectivity index (χ1) is 5.13. The molecule has 0 aromatic carbocycles. The van der Waals surface area contributed by atoms with Crippen LogP contribution in [0.1, 0.15) is 13.8 Å². The van der Waals surface area contributed by atoms with E-state index in [0.29, 0.717) is 5.75 Å². The van der Waals surface area contributed by atoms with Gasteiger partial charge in [0.15, 0.2) is 5.78 Å². The van der Waals surface area contributed by atoms with Crippen LogP contribution in [0, 0.1) is 4.91 Å². The highest BCUT2D eigenvalue weighted by molar-refractivity contribution is 8.13. The minimum absolute atomic E-state index is 0.463. The maximum Gasteiger partial charge on any atom is 0.224 e. The van der Waals surface area contributed by atoms with Gasteiger partial charge >= 0.3 is 0 Å². The fraction of sp³-hybridized carbons (Fsp3) is 0.667. The highest BCUT2D eigenvalue weighted by Gasteiger charge is 2.23. The Morgan fingerprint density at radius 2 is 2.09 bits per heavy atom. The number of ketones is 1. The number of hydrogen-bond donors (Lipinski definition) is 0.